The lowest BCUT2D eigenvalue weighted by atomic mass is 10.2. The van der Waals surface area contributed by atoms with E-state index in [1.807, 2.05) is 0 Å². The van der Waals surface area contributed by atoms with Crippen LogP contribution >= 0.6 is 0 Å². The fourth-order valence-corrected chi connectivity index (χ4v) is 2.68. The highest BCUT2D eigenvalue weighted by Crippen LogP contribution is 2.40. The Bertz CT molecular complexity index is 583. The topological polar surface area (TPSA) is 47.1 Å². The van der Waals surface area contributed by atoms with Crippen molar-refractivity contribution in [2.45, 2.75) is 25.3 Å². The normalized spacial score (nSPS) is 15.6. The monoisotopic (exact) mass is 258 g/mol. The number of aryl methyl sites for hydroxylation is 1. The van der Waals surface area contributed by atoms with Gasteiger partial charge in [0.2, 0.25) is 0 Å². The van der Waals surface area contributed by atoms with Gasteiger partial charge in [-0.2, -0.15) is 0 Å². The lowest BCUT2D eigenvalue weighted by Gasteiger charge is -2.15. The molecule has 1 heterocycles. The van der Waals surface area contributed by atoms with Gasteiger partial charge >= 0.3 is 0 Å². The molecular weight excluding hydrogens is 236 g/mol. The molecule has 1 aliphatic rings. The number of benzene rings is 1. The molecule has 0 bridgehead atoms. The van der Waals surface area contributed by atoms with Crippen molar-refractivity contribution < 1.29 is 0 Å². The van der Waals surface area contributed by atoms with E-state index in [4.69, 9.17) is 10.7 Å². The number of nitrogens with zero attached hydrogens (tertiary/aromatic N) is 3. The van der Waals surface area contributed by atoms with Gasteiger partial charge in [-0.15, -0.1) is 0 Å². The Kier molecular flexibility index (Phi) is 3.29. The molecule has 1 saturated carbocycles. The molecule has 0 amide bonds. The van der Waals surface area contributed by atoms with Gasteiger partial charge in [0.05, 0.1) is 11.0 Å². The van der Waals surface area contributed by atoms with Crippen LogP contribution in [0.5, 0.6) is 0 Å². The van der Waals surface area contributed by atoms with Gasteiger partial charge in [0, 0.05) is 32.6 Å². The second kappa shape index (κ2) is 4.94. The van der Waals surface area contributed by atoms with Gasteiger partial charge in [0.25, 0.3) is 0 Å². The molecule has 4 nitrogen and oxygen atoms in total. The summed E-state index contributed by atoms with van der Waals surface area (Å²) in [4.78, 5) is 7.05. The van der Waals surface area contributed by atoms with Crippen molar-refractivity contribution in [2.24, 2.45) is 12.8 Å². The van der Waals surface area contributed by atoms with Crippen LogP contribution in [0.4, 0.5) is 0 Å². The lowest BCUT2D eigenvalue weighted by Crippen LogP contribution is -2.24. The van der Waals surface area contributed by atoms with Crippen molar-refractivity contribution in [1.82, 2.24) is 14.5 Å². The van der Waals surface area contributed by atoms with E-state index in [0.29, 0.717) is 12.5 Å². The van der Waals surface area contributed by atoms with Crippen LogP contribution in [0, 0.1) is 0 Å². The lowest BCUT2D eigenvalue weighted by molar-refractivity contribution is 0.336. The van der Waals surface area contributed by atoms with E-state index in [-0.39, 0.29) is 0 Å². The number of hydrogen-bond acceptors (Lipinski definition) is 3. The van der Waals surface area contributed by atoms with Crippen LogP contribution < -0.4 is 5.73 Å². The molecule has 1 aliphatic carbocycles. The first-order valence-corrected chi connectivity index (χ1v) is 7.03. The van der Waals surface area contributed by atoms with E-state index in [2.05, 4.69) is 41.8 Å². The van der Waals surface area contributed by atoms with Crippen molar-refractivity contribution in [3.63, 3.8) is 0 Å². The van der Waals surface area contributed by atoms with Crippen molar-refractivity contribution in [1.29, 1.82) is 0 Å². The summed E-state index contributed by atoms with van der Waals surface area (Å²) in [5, 5.41) is 0. The molecule has 0 atom stereocenters. The third kappa shape index (κ3) is 2.51. The molecule has 3 rings (SSSR count). The Morgan fingerprint density at radius 1 is 1.42 bits per heavy atom. The maximum absolute atomic E-state index is 5.58. The van der Waals surface area contributed by atoms with E-state index in [0.717, 1.165) is 18.6 Å². The van der Waals surface area contributed by atoms with E-state index in [9.17, 15) is 0 Å². The average Bonchev–Trinajstić information content (AvgIpc) is 3.16. The van der Waals surface area contributed by atoms with Crippen LogP contribution in [0.2, 0.25) is 0 Å². The minimum absolute atomic E-state index is 0.695. The van der Waals surface area contributed by atoms with Gasteiger partial charge in [0.1, 0.15) is 5.82 Å². The van der Waals surface area contributed by atoms with Crippen molar-refractivity contribution in [3.8, 4) is 0 Å². The summed E-state index contributed by atoms with van der Waals surface area (Å²) in [6.07, 6.45) is 2.59. The van der Waals surface area contributed by atoms with Crippen LogP contribution in [0.25, 0.3) is 11.0 Å². The van der Waals surface area contributed by atoms with Crippen LogP contribution in [-0.2, 0) is 13.6 Å². The van der Waals surface area contributed by atoms with E-state index in [1.165, 1.54) is 29.7 Å². The average molecular weight is 258 g/mol. The fourth-order valence-electron chi connectivity index (χ4n) is 2.68. The predicted molar refractivity (Wildman–Crippen MR) is 78.1 cm³/mol. The number of fused-ring (bicyclic) bond motifs is 1. The van der Waals surface area contributed by atoms with E-state index < -0.39 is 0 Å². The van der Waals surface area contributed by atoms with Crippen LogP contribution in [0.3, 0.4) is 0 Å². The first kappa shape index (κ1) is 12.6. The third-order valence-electron chi connectivity index (χ3n) is 3.89. The smallest absolute Gasteiger partial charge is 0.112 e. The molecule has 1 fully saturated rings. The SMILES string of the molecule is CN(CCN)Cc1ccc2c(c1)nc(C1CC1)n2C. The highest BCUT2D eigenvalue weighted by atomic mass is 15.1. The molecule has 19 heavy (non-hydrogen) atoms. The zero-order valence-corrected chi connectivity index (χ0v) is 11.8. The Hall–Kier alpha value is -1.39. The summed E-state index contributed by atoms with van der Waals surface area (Å²) in [6, 6.07) is 6.61. The van der Waals surface area contributed by atoms with E-state index in [1.54, 1.807) is 0 Å². The summed E-state index contributed by atoms with van der Waals surface area (Å²) in [5.41, 5.74) is 9.26. The van der Waals surface area contributed by atoms with Crippen molar-refractivity contribution in [3.05, 3.63) is 29.6 Å². The van der Waals surface area contributed by atoms with Gasteiger partial charge in [-0.1, -0.05) is 6.07 Å². The first-order valence-electron chi connectivity index (χ1n) is 7.03. The Labute approximate surface area is 114 Å². The van der Waals surface area contributed by atoms with Crippen molar-refractivity contribution >= 4 is 11.0 Å². The first-order chi connectivity index (χ1) is 9.19. The third-order valence-corrected chi connectivity index (χ3v) is 3.89. The maximum atomic E-state index is 5.58. The summed E-state index contributed by atoms with van der Waals surface area (Å²) in [5.74, 6) is 1.95. The predicted octanol–water partition coefficient (Wildman–Crippen LogP) is 1.84. The quantitative estimate of drug-likeness (QED) is 0.890. The molecule has 0 saturated heterocycles. The zero-order chi connectivity index (χ0) is 13.4. The summed E-state index contributed by atoms with van der Waals surface area (Å²) < 4.78 is 2.25. The molecule has 1 aromatic carbocycles. The summed E-state index contributed by atoms with van der Waals surface area (Å²) in [6.45, 7) is 2.56. The molecule has 4 heteroatoms. The minimum Gasteiger partial charge on any atom is -0.331 e. The number of aromatic nitrogens is 2. The van der Waals surface area contributed by atoms with Crippen LogP contribution in [0.1, 0.15) is 30.1 Å². The number of likely N-dealkylation sites (N-methyl/N-ethyl adjacent to an activating group) is 1. The molecule has 0 radical (unpaired) electrons. The Morgan fingerprint density at radius 3 is 2.89 bits per heavy atom. The minimum atomic E-state index is 0.695. The molecule has 102 valence electrons. The van der Waals surface area contributed by atoms with Gasteiger partial charge < -0.3 is 15.2 Å². The maximum Gasteiger partial charge on any atom is 0.112 e. The summed E-state index contributed by atoms with van der Waals surface area (Å²) in [7, 11) is 4.23. The Morgan fingerprint density at radius 2 is 2.21 bits per heavy atom. The summed E-state index contributed by atoms with van der Waals surface area (Å²) >= 11 is 0. The number of nitrogens with two attached hydrogens (primary N) is 1. The van der Waals surface area contributed by atoms with Crippen LogP contribution in [-0.4, -0.2) is 34.6 Å². The number of hydrogen-bond donors (Lipinski definition) is 1. The fraction of sp³-hybridized carbons (Fsp3) is 0.533. The van der Waals surface area contributed by atoms with Crippen LogP contribution in [0.15, 0.2) is 18.2 Å². The molecule has 1 aromatic heterocycles. The molecular formula is C15H22N4. The molecule has 0 spiro atoms. The standard InChI is InChI=1S/C15H22N4/c1-18(8-7-16)10-11-3-6-14-13(9-11)17-15(19(14)2)12-4-5-12/h3,6,9,12H,4-5,7-8,10,16H2,1-2H3. The van der Waals surface area contributed by atoms with Gasteiger partial charge in [0.15, 0.2) is 0 Å². The van der Waals surface area contributed by atoms with Gasteiger partial charge in [-0.25, -0.2) is 4.98 Å². The largest absolute Gasteiger partial charge is 0.331 e. The zero-order valence-electron chi connectivity index (χ0n) is 11.8. The number of imidazole rings is 1. The Balaban J connectivity index is 1.88. The van der Waals surface area contributed by atoms with Gasteiger partial charge in [-0.05, 0) is 37.6 Å². The van der Waals surface area contributed by atoms with Crippen molar-refractivity contribution in [2.75, 3.05) is 20.1 Å². The molecule has 0 unspecified atom stereocenters. The van der Waals surface area contributed by atoms with Gasteiger partial charge in [-0.3, -0.25) is 0 Å². The molecule has 0 aliphatic heterocycles. The van der Waals surface area contributed by atoms with E-state index >= 15 is 0 Å². The second-order valence-electron chi connectivity index (χ2n) is 5.65. The number of rotatable bonds is 5. The second-order valence-corrected chi connectivity index (χ2v) is 5.65. The molecule has 2 aromatic rings. The molecule has 2 N–H and O–H groups in total. The highest BCUT2D eigenvalue weighted by molar-refractivity contribution is 5.77. The highest BCUT2D eigenvalue weighted by Gasteiger charge is 2.28.